The van der Waals surface area contributed by atoms with E-state index >= 15 is 0 Å². The van der Waals surface area contributed by atoms with Crippen LogP contribution in [-0.2, 0) is 13.5 Å². The van der Waals surface area contributed by atoms with Crippen molar-refractivity contribution in [3.8, 4) is 0 Å². The molecule has 1 atom stereocenters. The summed E-state index contributed by atoms with van der Waals surface area (Å²) in [5.74, 6) is 0.864. The quantitative estimate of drug-likeness (QED) is 0.915. The summed E-state index contributed by atoms with van der Waals surface area (Å²) >= 11 is 6.19. The number of aromatic nitrogens is 2. The van der Waals surface area contributed by atoms with E-state index in [1.165, 1.54) is 0 Å². The summed E-state index contributed by atoms with van der Waals surface area (Å²) in [5.41, 5.74) is 8.90. The Kier molecular flexibility index (Phi) is 3.26. The van der Waals surface area contributed by atoms with E-state index in [0.29, 0.717) is 11.4 Å². The van der Waals surface area contributed by atoms with Crippen LogP contribution in [0.5, 0.6) is 0 Å². The molecule has 0 aliphatic heterocycles. The van der Waals surface area contributed by atoms with Gasteiger partial charge in [0, 0.05) is 25.1 Å². The Morgan fingerprint density at radius 2 is 2.24 bits per heavy atom. The predicted molar refractivity (Wildman–Crippen MR) is 67.0 cm³/mol. The lowest BCUT2D eigenvalue weighted by Gasteiger charge is -2.09. The third-order valence-electron chi connectivity index (χ3n) is 2.85. The van der Waals surface area contributed by atoms with E-state index in [9.17, 15) is 0 Å². The van der Waals surface area contributed by atoms with E-state index < -0.39 is 0 Å². The molecule has 2 aromatic heterocycles. The summed E-state index contributed by atoms with van der Waals surface area (Å²) in [6, 6.07) is 1.82. The van der Waals surface area contributed by atoms with Gasteiger partial charge in [-0.3, -0.25) is 4.68 Å². The van der Waals surface area contributed by atoms with Crippen molar-refractivity contribution in [1.82, 2.24) is 9.78 Å². The molecule has 5 heteroatoms. The average molecular weight is 254 g/mol. The van der Waals surface area contributed by atoms with Gasteiger partial charge in [0.1, 0.15) is 5.76 Å². The molecule has 2 aromatic rings. The van der Waals surface area contributed by atoms with E-state index in [0.717, 1.165) is 22.7 Å². The fourth-order valence-electron chi connectivity index (χ4n) is 1.89. The van der Waals surface area contributed by atoms with E-state index in [4.69, 9.17) is 21.8 Å². The molecule has 92 valence electrons. The molecule has 0 aromatic carbocycles. The van der Waals surface area contributed by atoms with Gasteiger partial charge in [-0.25, -0.2) is 0 Å². The first-order valence-corrected chi connectivity index (χ1v) is 5.85. The molecule has 4 nitrogen and oxygen atoms in total. The van der Waals surface area contributed by atoms with E-state index in [1.54, 1.807) is 10.9 Å². The minimum absolute atomic E-state index is 0.125. The molecule has 0 saturated heterocycles. The van der Waals surface area contributed by atoms with Crippen molar-refractivity contribution in [2.24, 2.45) is 12.8 Å². The maximum Gasteiger partial charge on any atom is 0.101 e. The lowest BCUT2D eigenvalue weighted by Crippen LogP contribution is -2.15. The zero-order valence-electron chi connectivity index (χ0n) is 10.2. The average Bonchev–Trinajstić information content (AvgIpc) is 2.79. The van der Waals surface area contributed by atoms with Crippen LogP contribution in [0, 0.1) is 13.8 Å². The summed E-state index contributed by atoms with van der Waals surface area (Å²) in [5, 5.41) is 4.97. The van der Waals surface area contributed by atoms with Gasteiger partial charge < -0.3 is 10.2 Å². The van der Waals surface area contributed by atoms with E-state index in [-0.39, 0.29) is 6.04 Å². The van der Waals surface area contributed by atoms with Crippen molar-refractivity contribution in [3.05, 3.63) is 40.1 Å². The van der Waals surface area contributed by atoms with Gasteiger partial charge >= 0.3 is 0 Å². The Bertz CT molecular complexity index is 530. The van der Waals surface area contributed by atoms with Crippen molar-refractivity contribution in [2.75, 3.05) is 0 Å². The van der Waals surface area contributed by atoms with Crippen molar-refractivity contribution in [2.45, 2.75) is 26.3 Å². The highest BCUT2D eigenvalue weighted by molar-refractivity contribution is 6.31. The number of furan rings is 1. The number of hydrogen-bond acceptors (Lipinski definition) is 3. The van der Waals surface area contributed by atoms with Crippen LogP contribution < -0.4 is 5.73 Å². The molecule has 0 aliphatic rings. The van der Waals surface area contributed by atoms with Crippen LogP contribution >= 0.6 is 11.6 Å². The first-order chi connectivity index (χ1) is 7.99. The van der Waals surface area contributed by atoms with Gasteiger partial charge in [0.25, 0.3) is 0 Å². The normalized spacial score (nSPS) is 13.0. The minimum Gasteiger partial charge on any atom is -0.469 e. The van der Waals surface area contributed by atoms with Gasteiger partial charge in [0.15, 0.2) is 0 Å². The van der Waals surface area contributed by atoms with Gasteiger partial charge in [0.05, 0.1) is 22.7 Å². The summed E-state index contributed by atoms with van der Waals surface area (Å²) < 4.78 is 7.04. The lowest BCUT2D eigenvalue weighted by molar-refractivity contribution is 0.527. The third kappa shape index (κ3) is 2.37. The number of halogens is 1. The highest BCUT2D eigenvalue weighted by Crippen LogP contribution is 2.25. The number of hydrogen-bond donors (Lipinski definition) is 1. The van der Waals surface area contributed by atoms with Gasteiger partial charge in [-0.05, 0) is 19.9 Å². The molecule has 0 radical (unpaired) electrons. The zero-order chi connectivity index (χ0) is 12.6. The maximum atomic E-state index is 6.19. The highest BCUT2D eigenvalue weighted by Gasteiger charge is 2.16. The standard InChI is InChI=1S/C12H16ClN3O/c1-7-4-9(6-17-7)10(14)5-11-12(13)8(2)15-16(11)3/h4,6,10H,5,14H2,1-3H3. The molecule has 0 fully saturated rings. The topological polar surface area (TPSA) is 57.0 Å². The molecule has 0 amide bonds. The highest BCUT2D eigenvalue weighted by atomic mass is 35.5. The van der Waals surface area contributed by atoms with E-state index in [1.807, 2.05) is 27.0 Å². The van der Waals surface area contributed by atoms with Crippen molar-refractivity contribution >= 4 is 11.6 Å². The fraction of sp³-hybridized carbons (Fsp3) is 0.417. The molecule has 0 aliphatic carbocycles. The van der Waals surface area contributed by atoms with Gasteiger partial charge in [0.2, 0.25) is 0 Å². The summed E-state index contributed by atoms with van der Waals surface area (Å²) in [6.07, 6.45) is 2.34. The van der Waals surface area contributed by atoms with Crippen molar-refractivity contribution in [3.63, 3.8) is 0 Å². The number of rotatable bonds is 3. The SMILES string of the molecule is Cc1cc(C(N)Cc2c(Cl)c(C)nn2C)co1. The second-order valence-electron chi connectivity index (χ2n) is 4.27. The molecule has 2 heterocycles. The molecular weight excluding hydrogens is 238 g/mol. The summed E-state index contributed by atoms with van der Waals surface area (Å²) in [4.78, 5) is 0. The third-order valence-corrected chi connectivity index (χ3v) is 3.35. The number of nitrogens with two attached hydrogens (primary N) is 1. The summed E-state index contributed by atoms with van der Waals surface area (Å²) in [6.45, 7) is 3.79. The smallest absolute Gasteiger partial charge is 0.101 e. The van der Waals surface area contributed by atoms with Crippen LogP contribution in [0.4, 0.5) is 0 Å². The monoisotopic (exact) mass is 253 g/mol. The first kappa shape index (κ1) is 12.2. The van der Waals surface area contributed by atoms with Gasteiger partial charge in [-0.2, -0.15) is 5.10 Å². The Morgan fingerprint density at radius 3 is 2.71 bits per heavy atom. The minimum atomic E-state index is -0.125. The lowest BCUT2D eigenvalue weighted by atomic mass is 10.1. The molecule has 0 spiro atoms. The van der Waals surface area contributed by atoms with Crippen LogP contribution in [0.2, 0.25) is 5.02 Å². The first-order valence-electron chi connectivity index (χ1n) is 5.47. The Balaban J connectivity index is 2.21. The predicted octanol–water partition coefficient (Wildman–Crippen LogP) is 2.53. The molecule has 0 bridgehead atoms. The molecule has 17 heavy (non-hydrogen) atoms. The Morgan fingerprint density at radius 1 is 1.53 bits per heavy atom. The van der Waals surface area contributed by atoms with Gasteiger partial charge in [-0.15, -0.1) is 0 Å². The Labute approximate surface area is 105 Å². The fourth-order valence-corrected chi connectivity index (χ4v) is 2.12. The van der Waals surface area contributed by atoms with Crippen LogP contribution in [0.25, 0.3) is 0 Å². The van der Waals surface area contributed by atoms with Crippen LogP contribution in [-0.4, -0.2) is 9.78 Å². The molecule has 2 N–H and O–H groups in total. The molecule has 2 rings (SSSR count). The van der Waals surface area contributed by atoms with Crippen LogP contribution in [0.15, 0.2) is 16.7 Å². The summed E-state index contributed by atoms with van der Waals surface area (Å²) in [7, 11) is 1.88. The molecule has 0 saturated carbocycles. The van der Waals surface area contributed by atoms with E-state index in [2.05, 4.69) is 5.10 Å². The molecule has 1 unspecified atom stereocenters. The maximum absolute atomic E-state index is 6.19. The van der Waals surface area contributed by atoms with Crippen molar-refractivity contribution < 1.29 is 4.42 Å². The van der Waals surface area contributed by atoms with Crippen molar-refractivity contribution in [1.29, 1.82) is 0 Å². The Hall–Kier alpha value is -1.26. The second-order valence-corrected chi connectivity index (χ2v) is 4.65. The second kappa shape index (κ2) is 4.55. The number of aryl methyl sites for hydroxylation is 3. The van der Waals surface area contributed by atoms with Gasteiger partial charge in [-0.1, -0.05) is 11.6 Å². The van der Waals surface area contributed by atoms with Crippen LogP contribution in [0.1, 0.15) is 28.8 Å². The van der Waals surface area contributed by atoms with Crippen LogP contribution in [0.3, 0.4) is 0 Å². The largest absolute Gasteiger partial charge is 0.469 e. The number of nitrogens with zero attached hydrogens (tertiary/aromatic N) is 2. The zero-order valence-corrected chi connectivity index (χ0v) is 11.0. The molecular formula is C12H16ClN3O.